The Morgan fingerprint density at radius 1 is 1.48 bits per heavy atom. The molecule has 2 heterocycles. The highest BCUT2D eigenvalue weighted by molar-refractivity contribution is 5.50. The maximum absolute atomic E-state index is 5.86. The summed E-state index contributed by atoms with van der Waals surface area (Å²) in [6.07, 6.45) is 3.84. The molecule has 1 aromatic heterocycles. The number of ether oxygens (including phenoxy) is 2. The molecule has 1 aliphatic heterocycles. The van der Waals surface area contributed by atoms with E-state index in [9.17, 15) is 0 Å². The molecule has 1 saturated carbocycles. The van der Waals surface area contributed by atoms with Gasteiger partial charge in [-0.15, -0.1) is 0 Å². The predicted octanol–water partition coefficient (Wildman–Crippen LogP) is 1.06. The Morgan fingerprint density at radius 2 is 2.38 bits per heavy atom. The van der Waals surface area contributed by atoms with Crippen LogP contribution >= 0.6 is 0 Å². The van der Waals surface area contributed by atoms with Gasteiger partial charge in [0, 0.05) is 19.2 Å². The predicted molar refractivity (Wildman–Crippen MR) is 79.9 cm³/mol. The molecule has 2 unspecified atom stereocenters. The molecule has 2 aliphatic rings. The third-order valence-electron chi connectivity index (χ3n) is 4.12. The Kier molecular flexibility index (Phi) is 4.52. The van der Waals surface area contributed by atoms with Crippen LogP contribution in [0.1, 0.15) is 32.0 Å². The molecule has 21 heavy (non-hydrogen) atoms. The van der Waals surface area contributed by atoms with Crippen LogP contribution in [0.5, 0.6) is 0 Å². The summed E-state index contributed by atoms with van der Waals surface area (Å²) in [7, 11) is 0. The van der Waals surface area contributed by atoms with E-state index in [0.717, 1.165) is 31.8 Å². The molecule has 1 aliphatic carbocycles. The molecule has 0 amide bonds. The summed E-state index contributed by atoms with van der Waals surface area (Å²) in [5.74, 6) is 7.72. The van der Waals surface area contributed by atoms with Crippen molar-refractivity contribution in [1.82, 2.24) is 9.97 Å². The lowest BCUT2D eigenvalue weighted by atomic mass is 10.1. The fraction of sp³-hybridized carbons (Fsp3) is 0.714. The number of nitrogen functional groups attached to an aromatic ring is 1. The number of rotatable bonds is 5. The maximum atomic E-state index is 5.86. The van der Waals surface area contributed by atoms with Crippen molar-refractivity contribution >= 4 is 11.6 Å². The van der Waals surface area contributed by atoms with Crippen LogP contribution in [0, 0.1) is 0 Å². The summed E-state index contributed by atoms with van der Waals surface area (Å²) >= 11 is 0. The monoisotopic (exact) mass is 293 g/mol. The van der Waals surface area contributed by atoms with Crippen LogP contribution in [0.2, 0.25) is 0 Å². The molecular weight excluding hydrogens is 270 g/mol. The average Bonchev–Trinajstić information content (AvgIpc) is 3.01. The van der Waals surface area contributed by atoms with E-state index in [1.54, 1.807) is 0 Å². The van der Waals surface area contributed by atoms with Crippen LogP contribution in [0.3, 0.4) is 0 Å². The van der Waals surface area contributed by atoms with E-state index in [1.807, 2.05) is 13.0 Å². The van der Waals surface area contributed by atoms with Crippen LogP contribution in [0.15, 0.2) is 6.07 Å². The van der Waals surface area contributed by atoms with E-state index in [1.165, 1.54) is 6.42 Å². The second kappa shape index (κ2) is 6.55. The zero-order valence-electron chi connectivity index (χ0n) is 12.4. The van der Waals surface area contributed by atoms with Crippen molar-refractivity contribution in [1.29, 1.82) is 0 Å². The maximum Gasteiger partial charge on any atom is 0.158 e. The smallest absolute Gasteiger partial charge is 0.158 e. The third kappa shape index (κ3) is 3.09. The number of fused-ring (bicyclic) bond motifs is 1. The summed E-state index contributed by atoms with van der Waals surface area (Å²) in [5, 5.41) is 0. The van der Waals surface area contributed by atoms with Crippen molar-refractivity contribution in [3.05, 3.63) is 11.9 Å². The van der Waals surface area contributed by atoms with E-state index < -0.39 is 0 Å². The van der Waals surface area contributed by atoms with E-state index >= 15 is 0 Å². The lowest BCUT2D eigenvalue weighted by molar-refractivity contribution is 0.0252. The molecule has 0 aromatic carbocycles. The summed E-state index contributed by atoms with van der Waals surface area (Å²) in [4.78, 5) is 11.3. The van der Waals surface area contributed by atoms with Crippen molar-refractivity contribution in [3.8, 4) is 0 Å². The van der Waals surface area contributed by atoms with Gasteiger partial charge in [0.05, 0.1) is 18.8 Å². The Morgan fingerprint density at radius 3 is 3.19 bits per heavy atom. The Hall–Kier alpha value is -1.44. The molecule has 3 N–H and O–H groups in total. The van der Waals surface area contributed by atoms with Gasteiger partial charge in [-0.1, -0.05) is 0 Å². The minimum absolute atomic E-state index is 0.332. The number of hydrazine groups is 1. The third-order valence-corrected chi connectivity index (χ3v) is 4.12. The first-order chi connectivity index (χ1) is 10.3. The first-order valence-corrected chi connectivity index (χ1v) is 7.62. The van der Waals surface area contributed by atoms with Crippen molar-refractivity contribution in [2.75, 3.05) is 30.1 Å². The zero-order chi connectivity index (χ0) is 14.7. The molecule has 1 aromatic rings. The van der Waals surface area contributed by atoms with Gasteiger partial charge < -0.3 is 19.8 Å². The number of morpholine rings is 1. The van der Waals surface area contributed by atoms with Crippen molar-refractivity contribution in [2.24, 2.45) is 5.84 Å². The van der Waals surface area contributed by atoms with E-state index in [4.69, 9.17) is 15.3 Å². The highest BCUT2D eigenvalue weighted by Crippen LogP contribution is 2.32. The minimum atomic E-state index is 0.332. The van der Waals surface area contributed by atoms with Crippen molar-refractivity contribution in [2.45, 2.75) is 44.9 Å². The fourth-order valence-electron chi connectivity index (χ4n) is 3.17. The van der Waals surface area contributed by atoms with E-state index in [0.29, 0.717) is 37.0 Å². The fourth-order valence-corrected chi connectivity index (χ4v) is 3.17. The normalized spacial score (nSPS) is 25.0. The van der Waals surface area contributed by atoms with Crippen LogP contribution < -0.4 is 16.2 Å². The second-order valence-electron chi connectivity index (χ2n) is 5.41. The molecular formula is C14H23N5O2. The van der Waals surface area contributed by atoms with Gasteiger partial charge in [0.1, 0.15) is 18.2 Å². The van der Waals surface area contributed by atoms with Gasteiger partial charge >= 0.3 is 0 Å². The van der Waals surface area contributed by atoms with Crippen molar-refractivity contribution in [3.63, 3.8) is 0 Å². The van der Waals surface area contributed by atoms with Gasteiger partial charge in [-0.2, -0.15) is 0 Å². The van der Waals surface area contributed by atoms with Gasteiger partial charge in [0.25, 0.3) is 0 Å². The molecule has 2 fully saturated rings. The summed E-state index contributed by atoms with van der Waals surface area (Å²) < 4.78 is 11.3. The number of anilines is 2. The Balaban J connectivity index is 1.85. The number of nitrogens with two attached hydrogens (primary N) is 1. The second-order valence-corrected chi connectivity index (χ2v) is 5.41. The van der Waals surface area contributed by atoms with E-state index in [-0.39, 0.29) is 0 Å². The number of nitrogens with one attached hydrogen (secondary N) is 1. The molecule has 1 saturated heterocycles. The molecule has 0 bridgehead atoms. The first kappa shape index (κ1) is 14.5. The van der Waals surface area contributed by atoms with Crippen molar-refractivity contribution < 1.29 is 9.47 Å². The molecule has 7 heteroatoms. The summed E-state index contributed by atoms with van der Waals surface area (Å²) in [5.41, 5.74) is 2.62. The van der Waals surface area contributed by atoms with E-state index in [2.05, 4.69) is 20.3 Å². The number of hydrogen-bond acceptors (Lipinski definition) is 7. The van der Waals surface area contributed by atoms with Gasteiger partial charge in [-0.3, -0.25) is 0 Å². The van der Waals surface area contributed by atoms with Crippen LogP contribution in [0.4, 0.5) is 11.6 Å². The highest BCUT2D eigenvalue weighted by atomic mass is 16.5. The van der Waals surface area contributed by atoms with Gasteiger partial charge in [0.2, 0.25) is 0 Å². The average molecular weight is 293 g/mol. The standard InChI is InChI=1S/C14H23N5O2/c1-2-20-9-13-16-12(18-15)8-14(17-13)19-6-7-21-11-5-3-4-10(11)19/h8,10-11H,2-7,9,15H2,1H3,(H,16,17,18). The topological polar surface area (TPSA) is 85.5 Å². The van der Waals surface area contributed by atoms with Crippen LogP contribution in [-0.4, -0.2) is 41.9 Å². The molecule has 0 spiro atoms. The highest BCUT2D eigenvalue weighted by Gasteiger charge is 2.36. The molecule has 2 atom stereocenters. The quantitative estimate of drug-likeness (QED) is 0.620. The lowest BCUT2D eigenvalue weighted by Crippen LogP contribution is -2.49. The Bertz CT molecular complexity index is 484. The SMILES string of the molecule is CCOCc1nc(NN)cc(N2CCOC3CCCC32)n1. The van der Waals surface area contributed by atoms with Gasteiger partial charge in [-0.05, 0) is 26.2 Å². The summed E-state index contributed by atoms with van der Waals surface area (Å²) in [6, 6.07) is 2.31. The molecule has 116 valence electrons. The lowest BCUT2D eigenvalue weighted by Gasteiger charge is -2.38. The number of nitrogens with zero attached hydrogens (tertiary/aromatic N) is 3. The molecule has 3 rings (SSSR count). The molecule has 0 radical (unpaired) electrons. The zero-order valence-corrected chi connectivity index (χ0v) is 12.4. The van der Waals surface area contributed by atoms with Crippen LogP contribution in [0.25, 0.3) is 0 Å². The van der Waals surface area contributed by atoms with Gasteiger partial charge in [0.15, 0.2) is 5.82 Å². The Labute approximate surface area is 124 Å². The first-order valence-electron chi connectivity index (χ1n) is 7.62. The number of aromatic nitrogens is 2. The van der Waals surface area contributed by atoms with Crippen LogP contribution in [-0.2, 0) is 16.1 Å². The number of hydrogen-bond donors (Lipinski definition) is 2. The summed E-state index contributed by atoms with van der Waals surface area (Å²) in [6.45, 7) is 4.60. The molecule has 7 nitrogen and oxygen atoms in total. The largest absolute Gasteiger partial charge is 0.374 e. The minimum Gasteiger partial charge on any atom is -0.374 e. The van der Waals surface area contributed by atoms with Gasteiger partial charge in [-0.25, -0.2) is 15.8 Å².